The average molecular weight is 657 g/mol. The summed E-state index contributed by atoms with van der Waals surface area (Å²) < 4.78 is 60.3. The second kappa shape index (κ2) is 14.2. The fourth-order valence-electron chi connectivity index (χ4n) is 6.37. The second-order valence-corrected chi connectivity index (χ2v) is 13.1. The summed E-state index contributed by atoms with van der Waals surface area (Å²) in [5.74, 6) is -2.81. The Morgan fingerprint density at radius 2 is 1.81 bits per heavy atom. The number of nitrogens with zero attached hydrogens (tertiary/aromatic N) is 3. The third-order valence-corrected chi connectivity index (χ3v) is 8.47. The van der Waals surface area contributed by atoms with Crippen molar-refractivity contribution in [1.82, 2.24) is 14.7 Å². The van der Waals surface area contributed by atoms with Crippen LogP contribution >= 0.6 is 0 Å². The van der Waals surface area contributed by atoms with Crippen LogP contribution in [0.2, 0.25) is 0 Å². The van der Waals surface area contributed by atoms with Gasteiger partial charge in [0.05, 0.1) is 17.1 Å². The zero-order chi connectivity index (χ0) is 33.9. The molecule has 1 N–H and O–H groups in total. The number of rotatable bonds is 10. The Bertz CT molecular complexity index is 1560. The number of benzene rings is 2. The molecule has 3 unspecified atom stereocenters. The van der Waals surface area contributed by atoms with Gasteiger partial charge in [0.15, 0.2) is 12.0 Å². The maximum Gasteiger partial charge on any atom is 0.410 e. The van der Waals surface area contributed by atoms with E-state index in [0.717, 1.165) is 30.8 Å². The molecule has 0 radical (unpaired) electrons. The topological polar surface area (TPSA) is 108 Å². The number of hydrogen-bond acceptors (Lipinski definition) is 8. The van der Waals surface area contributed by atoms with E-state index in [9.17, 15) is 19.0 Å². The molecule has 0 spiro atoms. The number of piperidine rings is 1. The first-order chi connectivity index (χ1) is 22.3. The van der Waals surface area contributed by atoms with Crippen LogP contribution < -0.4 is 4.74 Å². The Hall–Kier alpha value is -3.61. The zero-order valence-corrected chi connectivity index (χ0v) is 28.1. The third kappa shape index (κ3) is 7.76. The molecule has 0 saturated carbocycles. The van der Waals surface area contributed by atoms with E-state index in [2.05, 4.69) is 0 Å². The summed E-state index contributed by atoms with van der Waals surface area (Å²) in [5, 5.41) is 15.3. The normalized spacial score (nSPS) is 20.6. The van der Waals surface area contributed by atoms with Crippen molar-refractivity contribution in [2.45, 2.75) is 90.9 Å². The maximum atomic E-state index is 14.0. The molecule has 12 heteroatoms. The number of carbonyl (C=O) groups excluding carboxylic acids is 1. The summed E-state index contributed by atoms with van der Waals surface area (Å²) in [6, 6.07) is 8.73. The number of carbonyl (C=O) groups is 1. The van der Waals surface area contributed by atoms with Crippen molar-refractivity contribution in [3.8, 4) is 5.75 Å². The van der Waals surface area contributed by atoms with E-state index in [1.54, 1.807) is 24.0 Å². The van der Waals surface area contributed by atoms with Gasteiger partial charge in [-0.05, 0) is 96.7 Å². The lowest BCUT2D eigenvalue weighted by molar-refractivity contribution is -0.267. The fraction of sp³-hybridized carbons (Fsp3) is 0.571. The van der Waals surface area contributed by atoms with Crippen LogP contribution in [0.5, 0.6) is 5.75 Å². The quantitative estimate of drug-likeness (QED) is 0.177. The summed E-state index contributed by atoms with van der Waals surface area (Å²) in [7, 11) is 0. The highest BCUT2D eigenvalue weighted by Gasteiger charge is 2.50. The SMILES string of the molecule is CCOC1(OCC)CCN(C(=O)OC(C)(C)C)CC1C(=N)c1nn(C2CCCCO2)c2ccc(OC(C)c3cc(F)cc(F)c3)cc12. The van der Waals surface area contributed by atoms with Crippen molar-refractivity contribution in [3.63, 3.8) is 0 Å². The Morgan fingerprint density at radius 3 is 2.43 bits per heavy atom. The van der Waals surface area contributed by atoms with Gasteiger partial charge in [-0.3, -0.25) is 0 Å². The second-order valence-electron chi connectivity index (χ2n) is 13.1. The van der Waals surface area contributed by atoms with E-state index in [-0.39, 0.29) is 18.5 Å². The third-order valence-electron chi connectivity index (χ3n) is 8.47. The molecular formula is C35H46F2N4O6. The molecule has 3 heterocycles. The van der Waals surface area contributed by atoms with Gasteiger partial charge in [0.2, 0.25) is 0 Å². The molecule has 47 heavy (non-hydrogen) atoms. The summed E-state index contributed by atoms with van der Waals surface area (Å²) >= 11 is 0. The number of hydrogen-bond donors (Lipinski definition) is 1. The van der Waals surface area contributed by atoms with E-state index in [1.807, 2.05) is 45.4 Å². The van der Waals surface area contributed by atoms with Crippen LogP contribution in [0.4, 0.5) is 13.6 Å². The minimum Gasteiger partial charge on any atom is -0.486 e. The number of amides is 1. The van der Waals surface area contributed by atoms with Crippen molar-refractivity contribution in [1.29, 1.82) is 5.41 Å². The molecule has 2 saturated heterocycles. The van der Waals surface area contributed by atoms with Crippen molar-refractivity contribution >= 4 is 22.7 Å². The van der Waals surface area contributed by atoms with Crippen molar-refractivity contribution in [2.75, 3.05) is 32.9 Å². The molecule has 256 valence electrons. The van der Waals surface area contributed by atoms with Crippen molar-refractivity contribution < 1.29 is 37.3 Å². The lowest BCUT2D eigenvalue weighted by Crippen LogP contribution is -2.59. The summed E-state index contributed by atoms with van der Waals surface area (Å²) in [5.41, 5.74) is 0.922. The van der Waals surface area contributed by atoms with Crippen LogP contribution in [-0.4, -0.2) is 70.8 Å². The molecule has 3 atom stereocenters. The minimum atomic E-state index is -1.17. The maximum absolute atomic E-state index is 14.0. The number of halogens is 2. The molecule has 2 aliphatic rings. The van der Waals surface area contributed by atoms with Crippen LogP contribution in [0, 0.1) is 23.0 Å². The number of likely N-dealkylation sites (tertiary alicyclic amines) is 1. The van der Waals surface area contributed by atoms with E-state index in [4.69, 9.17) is 28.8 Å². The van der Waals surface area contributed by atoms with Gasteiger partial charge in [-0.25, -0.2) is 18.3 Å². The molecule has 10 nitrogen and oxygen atoms in total. The predicted octanol–water partition coefficient (Wildman–Crippen LogP) is 7.55. The van der Waals surface area contributed by atoms with Crippen LogP contribution in [0.15, 0.2) is 36.4 Å². The summed E-state index contributed by atoms with van der Waals surface area (Å²) in [4.78, 5) is 14.8. The van der Waals surface area contributed by atoms with Gasteiger partial charge >= 0.3 is 6.09 Å². The van der Waals surface area contributed by atoms with E-state index >= 15 is 0 Å². The first-order valence-electron chi connectivity index (χ1n) is 16.4. The van der Waals surface area contributed by atoms with Crippen molar-refractivity contribution in [2.24, 2.45) is 5.92 Å². The lowest BCUT2D eigenvalue weighted by atomic mass is 9.84. The lowest BCUT2D eigenvalue weighted by Gasteiger charge is -2.46. The van der Waals surface area contributed by atoms with E-state index in [0.29, 0.717) is 55.2 Å². The largest absolute Gasteiger partial charge is 0.486 e. The van der Waals surface area contributed by atoms with Gasteiger partial charge < -0.3 is 34.0 Å². The molecule has 1 aromatic heterocycles. The Labute approximate surface area is 274 Å². The van der Waals surface area contributed by atoms with Crippen molar-refractivity contribution in [3.05, 3.63) is 59.3 Å². The first kappa shape index (κ1) is 34.7. The first-order valence-corrected chi connectivity index (χ1v) is 16.4. The highest BCUT2D eigenvalue weighted by Crippen LogP contribution is 2.39. The highest BCUT2D eigenvalue weighted by atomic mass is 19.1. The Morgan fingerprint density at radius 1 is 1.11 bits per heavy atom. The zero-order valence-electron chi connectivity index (χ0n) is 28.1. The van der Waals surface area contributed by atoms with Gasteiger partial charge in [-0.15, -0.1) is 0 Å². The van der Waals surface area contributed by atoms with Crippen LogP contribution in [-0.2, 0) is 18.9 Å². The minimum absolute atomic E-state index is 0.125. The van der Waals surface area contributed by atoms with E-state index < -0.39 is 41.1 Å². The Balaban J connectivity index is 1.57. The van der Waals surface area contributed by atoms with Crippen LogP contribution in [0.1, 0.15) is 90.8 Å². The van der Waals surface area contributed by atoms with Gasteiger partial charge in [-0.1, -0.05) is 0 Å². The molecular weight excluding hydrogens is 610 g/mol. The molecule has 2 aromatic carbocycles. The monoisotopic (exact) mass is 656 g/mol. The molecule has 3 aromatic rings. The Kier molecular flexibility index (Phi) is 10.5. The summed E-state index contributed by atoms with van der Waals surface area (Å²) in [6.45, 7) is 12.7. The van der Waals surface area contributed by atoms with Crippen LogP contribution in [0.25, 0.3) is 10.9 Å². The number of nitrogens with one attached hydrogen (secondary N) is 1. The number of fused-ring (bicyclic) bond motifs is 1. The average Bonchev–Trinajstić information content (AvgIpc) is 3.39. The van der Waals surface area contributed by atoms with Gasteiger partial charge in [0.1, 0.15) is 34.8 Å². The number of ether oxygens (including phenoxy) is 5. The van der Waals surface area contributed by atoms with Gasteiger partial charge in [0.25, 0.3) is 0 Å². The van der Waals surface area contributed by atoms with Crippen LogP contribution in [0.3, 0.4) is 0 Å². The predicted molar refractivity (Wildman–Crippen MR) is 173 cm³/mol. The highest BCUT2D eigenvalue weighted by molar-refractivity contribution is 6.09. The molecule has 2 aliphatic heterocycles. The fourth-order valence-corrected chi connectivity index (χ4v) is 6.37. The standard InChI is InChI=1S/C35H46F2N4O6/c1-7-44-35(45-8-2)14-15-40(33(42)47-34(4,5)6)21-28(35)31(38)32-27-20-26(46-22(3)23-17-24(36)19-25(37)18-23)12-13-29(27)41(39-32)30-11-9-10-16-43-30/h12-13,17-20,22,28,30,38H,7-11,14-16,21H2,1-6H3. The van der Waals surface area contributed by atoms with Gasteiger partial charge in [0, 0.05) is 50.8 Å². The molecule has 0 bridgehead atoms. The van der Waals surface area contributed by atoms with Gasteiger partial charge in [-0.2, -0.15) is 5.10 Å². The molecule has 0 aliphatic carbocycles. The number of aromatic nitrogens is 2. The molecule has 2 fully saturated rings. The summed E-state index contributed by atoms with van der Waals surface area (Å²) in [6.07, 6.45) is 1.59. The molecule has 1 amide bonds. The molecule has 5 rings (SSSR count). The smallest absolute Gasteiger partial charge is 0.410 e. The van der Waals surface area contributed by atoms with E-state index in [1.165, 1.54) is 12.1 Å².